The maximum Gasteiger partial charge on any atom is 0.319 e. The fourth-order valence-electron chi connectivity index (χ4n) is 1.75. The van der Waals surface area contributed by atoms with Crippen LogP contribution in [0, 0.1) is 0 Å². The summed E-state index contributed by atoms with van der Waals surface area (Å²) in [7, 11) is -3.78. The SMILES string of the molecule is NS(=O)(=O)c1cccc(NC(=O)NC2CCOC2)c1. The van der Waals surface area contributed by atoms with E-state index in [1.165, 1.54) is 18.2 Å². The smallest absolute Gasteiger partial charge is 0.319 e. The van der Waals surface area contributed by atoms with Gasteiger partial charge in [-0.1, -0.05) is 6.07 Å². The second-order valence-corrected chi connectivity index (χ2v) is 5.79. The molecule has 1 atom stereocenters. The van der Waals surface area contributed by atoms with Crippen molar-refractivity contribution in [2.75, 3.05) is 18.5 Å². The second-order valence-electron chi connectivity index (χ2n) is 4.23. The number of ether oxygens (including phenoxy) is 1. The molecule has 1 heterocycles. The van der Waals surface area contributed by atoms with Gasteiger partial charge in [0, 0.05) is 12.3 Å². The Balaban J connectivity index is 2.00. The number of carbonyl (C=O) groups excluding carboxylic acids is 1. The highest BCUT2D eigenvalue weighted by Crippen LogP contribution is 2.14. The van der Waals surface area contributed by atoms with Gasteiger partial charge < -0.3 is 15.4 Å². The molecule has 1 aliphatic rings. The number of rotatable bonds is 3. The summed E-state index contributed by atoms with van der Waals surface area (Å²) in [5, 5.41) is 10.3. The van der Waals surface area contributed by atoms with Crippen molar-refractivity contribution in [3.8, 4) is 0 Å². The predicted octanol–water partition coefficient (Wildman–Crippen LogP) is 0.244. The molecule has 2 rings (SSSR count). The van der Waals surface area contributed by atoms with Gasteiger partial charge in [0.25, 0.3) is 0 Å². The molecule has 0 spiro atoms. The first-order chi connectivity index (χ1) is 8.95. The van der Waals surface area contributed by atoms with E-state index in [0.717, 1.165) is 6.42 Å². The topological polar surface area (TPSA) is 111 Å². The molecule has 1 aromatic carbocycles. The summed E-state index contributed by atoms with van der Waals surface area (Å²) in [4.78, 5) is 11.6. The van der Waals surface area contributed by atoms with Gasteiger partial charge in [-0.2, -0.15) is 0 Å². The quantitative estimate of drug-likeness (QED) is 0.739. The van der Waals surface area contributed by atoms with Crippen LogP contribution in [0.15, 0.2) is 29.2 Å². The standard InChI is InChI=1S/C11H15N3O4S/c12-19(16,17)10-3-1-2-8(6-10)13-11(15)14-9-4-5-18-7-9/h1-3,6,9H,4-5,7H2,(H2,12,16,17)(H2,13,14,15). The number of nitrogens with two attached hydrogens (primary N) is 1. The average molecular weight is 285 g/mol. The van der Waals surface area contributed by atoms with Crippen molar-refractivity contribution < 1.29 is 17.9 Å². The van der Waals surface area contributed by atoms with Gasteiger partial charge in [0.05, 0.1) is 17.5 Å². The third-order valence-electron chi connectivity index (χ3n) is 2.69. The molecule has 1 aliphatic heterocycles. The molecular weight excluding hydrogens is 270 g/mol. The van der Waals surface area contributed by atoms with Crippen molar-refractivity contribution in [2.24, 2.45) is 5.14 Å². The third-order valence-corrected chi connectivity index (χ3v) is 3.60. The summed E-state index contributed by atoms with van der Waals surface area (Å²) in [6.45, 7) is 1.12. The molecule has 1 fully saturated rings. The van der Waals surface area contributed by atoms with Gasteiger partial charge in [-0.15, -0.1) is 0 Å². The zero-order valence-electron chi connectivity index (χ0n) is 10.1. The highest BCUT2D eigenvalue weighted by molar-refractivity contribution is 7.89. The molecule has 7 nitrogen and oxygen atoms in total. The summed E-state index contributed by atoms with van der Waals surface area (Å²) in [5.41, 5.74) is 0.364. The summed E-state index contributed by atoms with van der Waals surface area (Å²) in [5.74, 6) is 0. The highest BCUT2D eigenvalue weighted by Gasteiger charge is 2.17. The van der Waals surface area contributed by atoms with E-state index in [-0.39, 0.29) is 10.9 Å². The first kappa shape index (κ1) is 13.8. The lowest BCUT2D eigenvalue weighted by Gasteiger charge is -2.12. The summed E-state index contributed by atoms with van der Waals surface area (Å²) < 4.78 is 27.5. The summed E-state index contributed by atoms with van der Waals surface area (Å²) >= 11 is 0. The van der Waals surface area contributed by atoms with Gasteiger partial charge in [-0.3, -0.25) is 0 Å². The average Bonchev–Trinajstić information content (AvgIpc) is 2.80. The zero-order valence-corrected chi connectivity index (χ0v) is 10.9. The fourth-order valence-corrected chi connectivity index (χ4v) is 2.31. The number of hydrogen-bond acceptors (Lipinski definition) is 4. The number of anilines is 1. The Bertz CT molecular complexity index is 567. The van der Waals surface area contributed by atoms with Crippen molar-refractivity contribution in [3.05, 3.63) is 24.3 Å². The fraction of sp³-hybridized carbons (Fsp3) is 0.364. The van der Waals surface area contributed by atoms with Gasteiger partial charge in [0.2, 0.25) is 10.0 Å². The first-order valence-corrected chi connectivity index (χ1v) is 7.28. The van der Waals surface area contributed by atoms with Crippen molar-refractivity contribution in [1.82, 2.24) is 5.32 Å². The number of hydrogen-bond donors (Lipinski definition) is 3. The molecule has 8 heteroatoms. The van der Waals surface area contributed by atoms with Crippen LogP contribution >= 0.6 is 0 Å². The minimum absolute atomic E-state index is 0.0126. The second kappa shape index (κ2) is 5.55. The van der Waals surface area contributed by atoms with Crippen molar-refractivity contribution in [3.63, 3.8) is 0 Å². The van der Waals surface area contributed by atoms with E-state index in [0.29, 0.717) is 18.9 Å². The van der Waals surface area contributed by atoms with Crippen LogP contribution in [0.3, 0.4) is 0 Å². The van der Waals surface area contributed by atoms with Crippen LogP contribution in [0.4, 0.5) is 10.5 Å². The molecule has 1 unspecified atom stereocenters. The molecule has 4 N–H and O–H groups in total. The lowest BCUT2D eigenvalue weighted by molar-refractivity contribution is 0.189. The van der Waals surface area contributed by atoms with Crippen molar-refractivity contribution >= 4 is 21.7 Å². The lowest BCUT2D eigenvalue weighted by atomic mass is 10.3. The predicted molar refractivity (Wildman–Crippen MR) is 69.2 cm³/mol. The number of nitrogens with one attached hydrogen (secondary N) is 2. The number of carbonyl (C=O) groups is 1. The van der Waals surface area contributed by atoms with Crippen LogP contribution in [0.25, 0.3) is 0 Å². The Morgan fingerprint density at radius 1 is 1.42 bits per heavy atom. The van der Waals surface area contributed by atoms with Gasteiger partial charge in [-0.05, 0) is 24.6 Å². The number of primary sulfonamides is 1. The highest BCUT2D eigenvalue weighted by atomic mass is 32.2. The number of sulfonamides is 1. The largest absolute Gasteiger partial charge is 0.379 e. The lowest BCUT2D eigenvalue weighted by Crippen LogP contribution is -2.38. The van der Waals surface area contributed by atoms with Gasteiger partial charge in [0.15, 0.2) is 0 Å². The van der Waals surface area contributed by atoms with E-state index in [2.05, 4.69) is 10.6 Å². The van der Waals surface area contributed by atoms with E-state index < -0.39 is 16.1 Å². The Morgan fingerprint density at radius 3 is 2.84 bits per heavy atom. The molecule has 19 heavy (non-hydrogen) atoms. The summed E-state index contributed by atoms with van der Waals surface area (Å²) in [6, 6.07) is 5.35. The summed E-state index contributed by atoms with van der Waals surface area (Å²) in [6.07, 6.45) is 0.768. The van der Waals surface area contributed by atoms with Crippen LogP contribution in [0.2, 0.25) is 0 Å². The molecular formula is C11H15N3O4S. The zero-order chi connectivity index (χ0) is 13.9. The monoisotopic (exact) mass is 285 g/mol. The minimum atomic E-state index is -3.78. The number of amides is 2. The van der Waals surface area contributed by atoms with E-state index >= 15 is 0 Å². The molecule has 104 valence electrons. The Labute approximate surface area is 111 Å². The van der Waals surface area contributed by atoms with Crippen LogP contribution in [0.5, 0.6) is 0 Å². The maximum atomic E-state index is 11.7. The molecule has 0 radical (unpaired) electrons. The number of urea groups is 1. The molecule has 0 bridgehead atoms. The van der Waals surface area contributed by atoms with Crippen molar-refractivity contribution in [2.45, 2.75) is 17.4 Å². The van der Waals surface area contributed by atoms with E-state index in [1.54, 1.807) is 6.07 Å². The van der Waals surface area contributed by atoms with E-state index in [1.807, 2.05) is 0 Å². The Hall–Kier alpha value is -1.64. The van der Waals surface area contributed by atoms with Crippen LogP contribution < -0.4 is 15.8 Å². The van der Waals surface area contributed by atoms with Crippen LogP contribution in [-0.4, -0.2) is 33.7 Å². The first-order valence-electron chi connectivity index (χ1n) is 5.73. The van der Waals surface area contributed by atoms with Crippen LogP contribution in [0.1, 0.15) is 6.42 Å². The van der Waals surface area contributed by atoms with Crippen molar-refractivity contribution in [1.29, 1.82) is 0 Å². The molecule has 1 saturated heterocycles. The maximum absolute atomic E-state index is 11.7. The normalized spacial score (nSPS) is 19.1. The van der Waals surface area contributed by atoms with Gasteiger partial charge in [0.1, 0.15) is 0 Å². The minimum Gasteiger partial charge on any atom is -0.379 e. The Kier molecular flexibility index (Phi) is 4.03. The van der Waals surface area contributed by atoms with E-state index in [4.69, 9.17) is 9.88 Å². The molecule has 2 amide bonds. The molecule has 0 saturated carbocycles. The van der Waals surface area contributed by atoms with Gasteiger partial charge >= 0.3 is 6.03 Å². The number of benzene rings is 1. The molecule has 0 aromatic heterocycles. The van der Waals surface area contributed by atoms with Gasteiger partial charge in [-0.25, -0.2) is 18.4 Å². The molecule has 1 aromatic rings. The van der Waals surface area contributed by atoms with Crippen LogP contribution in [-0.2, 0) is 14.8 Å². The third kappa shape index (κ3) is 3.91. The molecule has 0 aliphatic carbocycles. The van der Waals surface area contributed by atoms with E-state index in [9.17, 15) is 13.2 Å². The Morgan fingerprint density at radius 2 is 2.21 bits per heavy atom.